The Labute approximate surface area is 121 Å². The molecule has 20 heavy (non-hydrogen) atoms. The average Bonchev–Trinajstić information content (AvgIpc) is 2.45. The molecule has 2 atom stereocenters. The Morgan fingerprint density at radius 3 is 2.50 bits per heavy atom. The van der Waals surface area contributed by atoms with Gasteiger partial charge in [0.2, 0.25) is 5.91 Å². The third kappa shape index (κ3) is 5.41. The summed E-state index contributed by atoms with van der Waals surface area (Å²) in [6.07, 6.45) is 2.35. The molecule has 0 spiro atoms. The first kappa shape index (κ1) is 16.2. The second-order valence-electron chi connectivity index (χ2n) is 5.24. The van der Waals surface area contributed by atoms with Crippen molar-refractivity contribution >= 4 is 5.91 Å². The number of carbonyl (C=O) groups excluding carboxylic acids is 1. The average molecular weight is 273 g/mol. The predicted octanol–water partition coefficient (Wildman–Crippen LogP) is 2.50. The monoisotopic (exact) mass is 273 g/mol. The van der Waals surface area contributed by atoms with Crippen LogP contribution >= 0.6 is 0 Å². The molecule has 0 radical (unpaired) electrons. The van der Waals surface area contributed by atoms with Crippen molar-refractivity contribution in [3.05, 3.63) is 35.4 Å². The highest BCUT2D eigenvalue weighted by Crippen LogP contribution is 2.14. The smallest absolute Gasteiger partial charge is 0.220 e. The third-order valence-corrected chi connectivity index (χ3v) is 3.44. The number of carbonyl (C=O) groups is 1. The van der Waals surface area contributed by atoms with Crippen LogP contribution < -0.4 is 11.1 Å². The van der Waals surface area contributed by atoms with Gasteiger partial charge in [0.25, 0.3) is 0 Å². The molecule has 0 aromatic heterocycles. The number of hydrogen-bond donors (Lipinski definition) is 2. The van der Waals surface area contributed by atoms with Gasteiger partial charge < -0.3 is 11.1 Å². The lowest BCUT2D eigenvalue weighted by molar-refractivity contribution is -0.122. The van der Waals surface area contributed by atoms with Gasteiger partial charge in [0, 0.05) is 6.42 Å². The molecule has 1 amide bonds. The van der Waals surface area contributed by atoms with Crippen LogP contribution in [0.5, 0.6) is 0 Å². The van der Waals surface area contributed by atoms with Crippen molar-refractivity contribution < 1.29 is 4.79 Å². The molecule has 0 aliphatic carbocycles. The fraction of sp³-hybridized carbons (Fsp3) is 0.500. The SMILES string of the molecule is CC(CCN)CCC(=O)NC(C)c1ccc(C#N)cc1. The molecule has 0 saturated carbocycles. The summed E-state index contributed by atoms with van der Waals surface area (Å²) >= 11 is 0. The largest absolute Gasteiger partial charge is 0.350 e. The van der Waals surface area contributed by atoms with Gasteiger partial charge in [-0.2, -0.15) is 5.26 Å². The van der Waals surface area contributed by atoms with Crippen molar-refractivity contribution in [1.29, 1.82) is 5.26 Å². The zero-order valence-electron chi connectivity index (χ0n) is 12.2. The number of nitrogens with two attached hydrogens (primary N) is 1. The molecule has 1 rings (SSSR count). The van der Waals surface area contributed by atoms with Gasteiger partial charge >= 0.3 is 0 Å². The van der Waals surface area contributed by atoms with Gasteiger partial charge in [-0.1, -0.05) is 19.1 Å². The molecule has 0 fully saturated rings. The molecule has 4 nitrogen and oxygen atoms in total. The zero-order chi connectivity index (χ0) is 15.0. The van der Waals surface area contributed by atoms with Gasteiger partial charge in [-0.05, 0) is 49.9 Å². The molecule has 0 heterocycles. The number of nitrogens with one attached hydrogen (secondary N) is 1. The number of hydrogen-bond acceptors (Lipinski definition) is 3. The minimum absolute atomic E-state index is 0.0416. The maximum absolute atomic E-state index is 11.9. The molecule has 2 unspecified atom stereocenters. The van der Waals surface area contributed by atoms with E-state index < -0.39 is 0 Å². The highest BCUT2D eigenvalue weighted by Gasteiger charge is 2.11. The van der Waals surface area contributed by atoms with E-state index in [-0.39, 0.29) is 11.9 Å². The van der Waals surface area contributed by atoms with Crippen molar-refractivity contribution in [2.24, 2.45) is 11.7 Å². The number of nitriles is 1. The van der Waals surface area contributed by atoms with E-state index in [1.54, 1.807) is 12.1 Å². The van der Waals surface area contributed by atoms with Gasteiger partial charge in [-0.15, -0.1) is 0 Å². The summed E-state index contributed by atoms with van der Waals surface area (Å²) in [6.45, 7) is 4.73. The van der Waals surface area contributed by atoms with Crippen LogP contribution in [-0.2, 0) is 4.79 Å². The van der Waals surface area contributed by atoms with Crippen LogP contribution in [-0.4, -0.2) is 12.5 Å². The molecule has 1 aromatic carbocycles. The van der Waals surface area contributed by atoms with Gasteiger partial charge in [0.05, 0.1) is 17.7 Å². The summed E-state index contributed by atoms with van der Waals surface area (Å²) < 4.78 is 0. The Balaban J connectivity index is 2.42. The maximum Gasteiger partial charge on any atom is 0.220 e. The first-order valence-corrected chi connectivity index (χ1v) is 7.06. The summed E-state index contributed by atoms with van der Waals surface area (Å²) in [6, 6.07) is 9.32. The highest BCUT2D eigenvalue weighted by atomic mass is 16.1. The quantitative estimate of drug-likeness (QED) is 0.801. The first-order valence-electron chi connectivity index (χ1n) is 7.06. The number of amides is 1. The second-order valence-corrected chi connectivity index (χ2v) is 5.24. The molecule has 0 aliphatic rings. The lowest BCUT2D eigenvalue weighted by atomic mass is 10.0. The standard InChI is InChI=1S/C16H23N3O/c1-12(9-10-17)3-8-16(20)19-13(2)15-6-4-14(11-18)5-7-15/h4-7,12-13H,3,8-10,17H2,1-2H3,(H,19,20). The van der Waals surface area contributed by atoms with Gasteiger partial charge in [0.1, 0.15) is 0 Å². The van der Waals surface area contributed by atoms with E-state index >= 15 is 0 Å². The van der Waals surface area contributed by atoms with Gasteiger partial charge in [-0.25, -0.2) is 0 Å². The Morgan fingerprint density at radius 1 is 1.30 bits per heavy atom. The Bertz CT molecular complexity index is 462. The normalized spacial score (nSPS) is 13.3. The summed E-state index contributed by atoms with van der Waals surface area (Å²) in [5, 5.41) is 11.7. The van der Waals surface area contributed by atoms with E-state index in [2.05, 4.69) is 18.3 Å². The van der Waals surface area contributed by atoms with E-state index in [9.17, 15) is 4.79 Å². The van der Waals surface area contributed by atoms with E-state index in [0.717, 1.165) is 18.4 Å². The molecule has 0 aliphatic heterocycles. The van der Waals surface area contributed by atoms with Crippen LogP contribution in [0, 0.1) is 17.2 Å². The van der Waals surface area contributed by atoms with Crippen molar-refractivity contribution in [3.8, 4) is 6.07 Å². The fourth-order valence-corrected chi connectivity index (χ4v) is 2.05. The molecular formula is C16H23N3O. The molecule has 1 aromatic rings. The number of benzene rings is 1. The lowest BCUT2D eigenvalue weighted by Crippen LogP contribution is -2.26. The zero-order valence-corrected chi connectivity index (χ0v) is 12.2. The van der Waals surface area contributed by atoms with Gasteiger partial charge in [0.15, 0.2) is 0 Å². The number of nitrogens with zero attached hydrogens (tertiary/aromatic N) is 1. The van der Waals surface area contributed by atoms with Crippen molar-refractivity contribution in [2.75, 3.05) is 6.54 Å². The lowest BCUT2D eigenvalue weighted by Gasteiger charge is -2.15. The van der Waals surface area contributed by atoms with Crippen molar-refractivity contribution in [2.45, 2.75) is 39.2 Å². The van der Waals surface area contributed by atoms with E-state index in [4.69, 9.17) is 11.0 Å². The Kier molecular flexibility index (Phi) is 6.75. The van der Waals surface area contributed by atoms with Crippen LogP contribution in [0.15, 0.2) is 24.3 Å². The van der Waals surface area contributed by atoms with Crippen LogP contribution in [0.3, 0.4) is 0 Å². The molecule has 0 bridgehead atoms. The minimum Gasteiger partial charge on any atom is -0.350 e. The second kappa shape index (κ2) is 8.34. The van der Waals surface area contributed by atoms with E-state index in [1.165, 1.54) is 0 Å². The van der Waals surface area contributed by atoms with Gasteiger partial charge in [-0.3, -0.25) is 4.79 Å². The Hall–Kier alpha value is -1.86. The predicted molar refractivity (Wildman–Crippen MR) is 79.8 cm³/mol. The molecule has 0 saturated heterocycles. The molecule has 3 N–H and O–H groups in total. The third-order valence-electron chi connectivity index (χ3n) is 3.44. The summed E-state index contributed by atoms with van der Waals surface area (Å²) in [7, 11) is 0. The summed E-state index contributed by atoms with van der Waals surface area (Å²) in [4.78, 5) is 11.9. The summed E-state index contributed by atoms with van der Waals surface area (Å²) in [5.41, 5.74) is 7.13. The maximum atomic E-state index is 11.9. The first-order chi connectivity index (χ1) is 9.56. The van der Waals surface area contributed by atoms with E-state index in [0.29, 0.717) is 24.4 Å². The van der Waals surface area contributed by atoms with Crippen molar-refractivity contribution in [1.82, 2.24) is 5.32 Å². The fourth-order valence-electron chi connectivity index (χ4n) is 2.05. The topological polar surface area (TPSA) is 78.9 Å². The minimum atomic E-state index is -0.0416. The molecule has 4 heteroatoms. The molecule has 108 valence electrons. The van der Waals surface area contributed by atoms with Crippen LogP contribution in [0.4, 0.5) is 0 Å². The number of rotatable bonds is 7. The highest BCUT2D eigenvalue weighted by molar-refractivity contribution is 5.76. The van der Waals surface area contributed by atoms with E-state index in [1.807, 2.05) is 19.1 Å². The molecular weight excluding hydrogens is 250 g/mol. The van der Waals surface area contributed by atoms with Crippen LogP contribution in [0.1, 0.15) is 50.3 Å². The summed E-state index contributed by atoms with van der Waals surface area (Å²) in [5.74, 6) is 0.543. The van der Waals surface area contributed by atoms with Crippen LogP contribution in [0.2, 0.25) is 0 Å². The Morgan fingerprint density at radius 2 is 1.95 bits per heavy atom. The van der Waals surface area contributed by atoms with Crippen molar-refractivity contribution in [3.63, 3.8) is 0 Å². The van der Waals surface area contributed by atoms with Crippen LogP contribution in [0.25, 0.3) is 0 Å².